The van der Waals surface area contributed by atoms with Crippen LogP contribution in [0.4, 0.5) is 0 Å². The second-order valence-corrected chi connectivity index (χ2v) is 16.1. The molecule has 0 amide bonds. The molecule has 0 radical (unpaired) electrons. The molecule has 0 aliphatic heterocycles. The van der Waals surface area contributed by atoms with Crippen LogP contribution >= 0.6 is 0 Å². The number of hydrogen-bond donors (Lipinski definition) is 0. The highest BCUT2D eigenvalue weighted by Gasteiger charge is 2.27. The first kappa shape index (κ1) is 13.5. The summed E-state index contributed by atoms with van der Waals surface area (Å²) in [6, 6.07) is 12.9. The standard InChI is InChI=1S/C13H24OSi2/c1-15(2,3)11-12-16(4,5)14-13-9-7-6-8-10-13/h6-10H,11-12H2,1-5H3. The van der Waals surface area contributed by atoms with Gasteiger partial charge in [-0.3, -0.25) is 0 Å². The van der Waals surface area contributed by atoms with Crippen molar-refractivity contribution in [3.63, 3.8) is 0 Å². The molecular formula is C13H24OSi2. The maximum atomic E-state index is 6.16. The highest BCUT2D eigenvalue weighted by atomic mass is 28.4. The molecule has 16 heavy (non-hydrogen) atoms. The lowest BCUT2D eigenvalue weighted by Gasteiger charge is -2.27. The molecular weight excluding hydrogens is 228 g/mol. The van der Waals surface area contributed by atoms with Crippen LogP contribution in [0.2, 0.25) is 44.8 Å². The number of para-hydroxylation sites is 1. The summed E-state index contributed by atoms with van der Waals surface area (Å²) < 4.78 is 6.16. The van der Waals surface area contributed by atoms with Gasteiger partial charge in [-0.1, -0.05) is 43.9 Å². The second kappa shape index (κ2) is 5.19. The number of rotatable bonds is 5. The van der Waals surface area contributed by atoms with Crippen molar-refractivity contribution in [3.8, 4) is 5.75 Å². The summed E-state index contributed by atoms with van der Waals surface area (Å²) in [6.45, 7) is 11.9. The molecule has 1 aromatic carbocycles. The molecule has 3 heteroatoms. The molecule has 0 bridgehead atoms. The van der Waals surface area contributed by atoms with E-state index in [1.807, 2.05) is 18.2 Å². The van der Waals surface area contributed by atoms with Gasteiger partial charge in [-0.25, -0.2) is 0 Å². The zero-order valence-corrected chi connectivity index (χ0v) is 13.2. The lowest BCUT2D eigenvalue weighted by atomic mass is 10.3. The van der Waals surface area contributed by atoms with E-state index in [1.165, 1.54) is 12.1 Å². The smallest absolute Gasteiger partial charge is 0.244 e. The lowest BCUT2D eigenvalue weighted by molar-refractivity contribution is 0.549. The fraction of sp³-hybridized carbons (Fsp3) is 0.538. The van der Waals surface area contributed by atoms with E-state index >= 15 is 0 Å². The third-order valence-corrected chi connectivity index (χ3v) is 7.11. The van der Waals surface area contributed by atoms with Gasteiger partial charge in [0.2, 0.25) is 8.32 Å². The minimum absolute atomic E-state index is 0.929. The average Bonchev–Trinajstić information content (AvgIpc) is 2.15. The molecule has 1 aromatic rings. The van der Waals surface area contributed by atoms with Gasteiger partial charge in [0.25, 0.3) is 0 Å². The van der Waals surface area contributed by atoms with Crippen molar-refractivity contribution >= 4 is 16.4 Å². The molecule has 0 atom stereocenters. The van der Waals surface area contributed by atoms with E-state index in [1.54, 1.807) is 0 Å². The minimum Gasteiger partial charge on any atom is -0.544 e. The lowest BCUT2D eigenvalue weighted by Crippen LogP contribution is -2.36. The Labute approximate surface area is 102 Å². The topological polar surface area (TPSA) is 9.23 Å². The van der Waals surface area contributed by atoms with Gasteiger partial charge < -0.3 is 4.43 Å². The second-order valence-electron chi connectivity index (χ2n) is 6.24. The molecule has 90 valence electrons. The summed E-state index contributed by atoms with van der Waals surface area (Å²) >= 11 is 0. The molecule has 0 saturated carbocycles. The van der Waals surface area contributed by atoms with Gasteiger partial charge in [0.1, 0.15) is 5.75 Å². The van der Waals surface area contributed by atoms with E-state index < -0.39 is 16.4 Å². The van der Waals surface area contributed by atoms with Crippen LogP contribution in [-0.4, -0.2) is 16.4 Å². The minimum atomic E-state index is -1.52. The zero-order valence-electron chi connectivity index (χ0n) is 11.2. The number of benzene rings is 1. The maximum absolute atomic E-state index is 6.16. The molecule has 0 unspecified atom stereocenters. The normalized spacial score (nSPS) is 12.6. The van der Waals surface area contributed by atoms with Crippen LogP contribution in [0.3, 0.4) is 0 Å². The van der Waals surface area contributed by atoms with Crippen molar-refractivity contribution in [2.24, 2.45) is 0 Å². The van der Waals surface area contributed by atoms with Gasteiger partial charge in [-0.2, -0.15) is 0 Å². The third kappa shape index (κ3) is 5.51. The van der Waals surface area contributed by atoms with Gasteiger partial charge in [0.15, 0.2) is 0 Å². The Balaban J connectivity index is 2.52. The largest absolute Gasteiger partial charge is 0.544 e. The van der Waals surface area contributed by atoms with Gasteiger partial charge in [-0.15, -0.1) is 0 Å². The van der Waals surface area contributed by atoms with Crippen LogP contribution in [0.15, 0.2) is 30.3 Å². The fourth-order valence-electron chi connectivity index (χ4n) is 1.53. The van der Waals surface area contributed by atoms with E-state index in [4.69, 9.17) is 4.43 Å². The highest BCUT2D eigenvalue weighted by molar-refractivity contribution is 6.79. The summed E-state index contributed by atoms with van der Waals surface area (Å²) in [7, 11) is -2.45. The van der Waals surface area contributed by atoms with E-state index in [0.717, 1.165) is 5.75 Å². The van der Waals surface area contributed by atoms with Crippen LogP contribution < -0.4 is 4.43 Å². The first-order chi connectivity index (χ1) is 7.29. The SMILES string of the molecule is C[Si](C)(C)CC[Si](C)(C)Oc1ccccc1. The maximum Gasteiger partial charge on any atom is 0.244 e. The predicted octanol–water partition coefficient (Wildman–Crippen LogP) is 4.61. The third-order valence-electron chi connectivity index (χ3n) is 2.61. The number of hydrogen-bond acceptors (Lipinski definition) is 1. The summed E-state index contributed by atoms with van der Waals surface area (Å²) in [4.78, 5) is 0. The molecule has 0 saturated heterocycles. The summed E-state index contributed by atoms with van der Waals surface area (Å²) in [6.07, 6.45) is 0. The van der Waals surface area contributed by atoms with Crippen molar-refractivity contribution in [1.29, 1.82) is 0 Å². The predicted molar refractivity (Wildman–Crippen MR) is 77.5 cm³/mol. The van der Waals surface area contributed by atoms with Crippen molar-refractivity contribution in [2.45, 2.75) is 44.8 Å². The van der Waals surface area contributed by atoms with Crippen LogP contribution in [-0.2, 0) is 0 Å². The van der Waals surface area contributed by atoms with E-state index in [-0.39, 0.29) is 0 Å². The Bertz CT molecular complexity index is 314. The Kier molecular flexibility index (Phi) is 4.38. The zero-order chi connectivity index (χ0) is 12.2. The molecule has 0 N–H and O–H groups in total. The van der Waals surface area contributed by atoms with Crippen LogP contribution in [0.1, 0.15) is 0 Å². The summed E-state index contributed by atoms with van der Waals surface area (Å²) in [5.74, 6) is 1.04. The monoisotopic (exact) mass is 252 g/mol. The van der Waals surface area contributed by atoms with Crippen molar-refractivity contribution < 1.29 is 4.43 Å². The highest BCUT2D eigenvalue weighted by Crippen LogP contribution is 2.23. The Hall–Kier alpha value is -0.546. The Morgan fingerprint density at radius 1 is 0.875 bits per heavy atom. The summed E-state index contributed by atoms with van der Waals surface area (Å²) in [5.41, 5.74) is 0. The molecule has 1 rings (SSSR count). The average molecular weight is 253 g/mol. The molecule has 0 heterocycles. The molecule has 0 aliphatic carbocycles. The molecule has 0 aromatic heterocycles. The van der Waals surface area contributed by atoms with Gasteiger partial charge in [0, 0.05) is 8.07 Å². The van der Waals surface area contributed by atoms with Crippen LogP contribution in [0.5, 0.6) is 5.75 Å². The summed E-state index contributed by atoms with van der Waals surface area (Å²) in [5, 5.41) is 0. The van der Waals surface area contributed by atoms with Crippen molar-refractivity contribution in [1.82, 2.24) is 0 Å². The van der Waals surface area contributed by atoms with Crippen molar-refractivity contribution in [3.05, 3.63) is 30.3 Å². The van der Waals surface area contributed by atoms with E-state index in [9.17, 15) is 0 Å². The van der Waals surface area contributed by atoms with Crippen LogP contribution in [0, 0.1) is 0 Å². The van der Waals surface area contributed by atoms with Gasteiger partial charge in [0.05, 0.1) is 0 Å². The first-order valence-electron chi connectivity index (χ1n) is 6.03. The van der Waals surface area contributed by atoms with Crippen molar-refractivity contribution in [2.75, 3.05) is 0 Å². The Morgan fingerprint density at radius 2 is 1.44 bits per heavy atom. The molecule has 1 nitrogen and oxygen atoms in total. The van der Waals surface area contributed by atoms with E-state index in [0.29, 0.717) is 0 Å². The fourth-order valence-corrected chi connectivity index (χ4v) is 7.82. The van der Waals surface area contributed by atoms with Crippen LogP contribution in [0.25, 0.3) is 0 Å². The Morgan fingerprint density at radius 3 is 1.94 bits per heavy atom. The molecule has 0 fully saturated rings. The quantitative estimate of drug-likeness (QED) is 0.695. The first-order valence-corrected chi connectivity index (χ1v) is 12.8. The van der Waals surface area contributed by atoms with Gasteiger partial charge in [-0.05, 0) is 31.3 Å². The van der Waals surface area contributed by atoms with E-state index in [2.05, 4.69) is 44.9 Å². The van der Waals surface area contributed by atoms with Gasteiger partial charge >= 0.3 is 0 Å². The molecule has 0 spiro atoms. The molecule has 0 aliphatic rings.